The molecule has 8 rings (SSSR count). The number of nitrogens with zero attached hydrogens (tertiary/aromatic N) is 6. The Morgan fingerprint density at radius 1 is 0.864 bits per heavy atom. The normalized spacial score (nSPS) is 16.8. The Bertz CT molecular complexity index is 2610. The molecule has 0 aliphatic carbocycles. The van der Waals surface area contributed by atoms with Crippen molar-refractivity contribution < 1.29 is 39.2 Å². The van der Waals surface area contributed by atoms with Gasteiger partial charge in [0.15, 0.2) is 11.4 Å². The molecule has 0 amide bonds. The number of nitriles is 1. The lowest BCUT2D eigenvalue weighted by Gasteiger charge is -2.17. The summed E-state index contributed by atoms with van der Waals surface area (Å²) in [7, 11) is 0. The molecule has 2 fully saturated rings. The first kappa shape index (κ1) is 40.5. The number of oxazole rings is 1. The molecule has 3 aromatic carbocycles. The third kappa shape index (κ3) is 9.21. The fraction of sp³-hybridized carbons (Fsp3) is 0.295. The predicted octanol–water partition coefficient (Wildman–Crippen LogP) is 6.36. The van der Waals surface area contributed by atoms with E-state index in [0.29, 0.717) is 61.0 Å². The molecule has 15 heteroatoms. The molecule has 0 saturated carbocycles. The van der Waals surface area contributed by atoms with E-state index >= 15 is 0 Å². The third-order valence-electron chi connectivity index (χ3n) is 10.8. The second kappa shape index (κ2) is 17.4. The highest BCUT2D eigenvalue weighted by molar-refractivity contribution is 5.92. The van der Waals surface area contributed by atoms with Crippen LogP contribution in [0.15, 0.2) is 77.5 Å². The summed E-state index contributed by atoms with van der Waals surface area (Å²) in [5, 5.41) is 49.3. The number of likely N-dealkylation sites (tertiary alicyclic amines) is 2. The number of β-amino-alcohol motifs (C(OH)–C–C–N with tert-alkyl or cyclic N) is 1. The lowest BCUT2D eigenvalue weighted by molar-refractivity contribution is -0.147. The molecule has 2 atom stereocenters. The summed E-state index contributed by atoms with van der Waals surface area (Å²) in [6, 6.07) is 22.4. The minimum absolute atomic E-state index is 0.254. The summed E-state index contributed by atoms with van der Waals surface area (Å²) in [6.45, 7) is 8.21. The van der Waals surface area contributed by atoms with Crippen LogP contribution in [0.25, 0.3) is 44.6 Å². The van der Waals surface area contributed by atoms with E-state index in [-0.39, 0.29) is 12.0 Å². The van der Waals surface area contributed by atoms with Gasteiger partial charge in [0.25, 0.3) is 0 Å². The van der Waals surface area contributed by atoms with Crippen molar-refractivity contribution >= 4 is 51.4 Å². The number of hydrogen-bond donors (Lipinski definition) is 5. The van der Waals surface area contributed by atoms with Crippen molar-refractivity contribution in [2.45, 2.75) is 52.3 Å². The lowest BCUT2D eigenvalue weighted by Crippen LogP contribution is -2.22. The molecular weight excluding hydrogens is 755 g/mol. The second-order valence-electron chi connectivity index (χ2n) is 15.0. The Morgan fingerprint density at radius 2 is 1.56 bits per heavy atom. The minimum atomic E-state index is -1.31. The molecule has 0 spiro atoms. The van der Waals surface area contributed by atoms with Gasteiger partial charge in [-0.25, -0.2) is 9.97 Å². The monoisotopic (exact) mass is 797 g/mol. The molecule has 302 valence electrons. The Morgan fingerprint density at radius 3 is 2.24 bits per heavy atom. The van der Waals surface area contributed by atoms with Crippen LogP contribution >= 0.6 is 0 Å². The highest BCUT2D eigenvalue weighted by atomic mass is 16.4. The summed E-state index contributed by atoms with van der Waals surface area (Å²) in [5.74, 6) is -2.64. The van der Waals surface area contributed by atoms with Crippen LogP contribution in [0.3, 0.4) is 0 Å². The number of aliphatic carboxylic acids is 3. The summed E-state index contributed by atoms with van der Waals surface area (Å²) < 4.78 is 6.28. The van der Waals surface area contributed by atoms with Crippen LogP contribution < -0.4 is 5.32 Å². The van der Waals surface area contributed by atoms with Crippen LogP contribution in [0.1, 0.15) is 47.1 Å². The molecule has 0 radical (unpaired) electrons. The number of aliphatic hydroxyl groups is 1. The number of aliphatic hydroxyl groups excluding tert-OH is 1. The van der Waals surface area contributed by atoms with Crippen molar-refractivity contribution in [3.8, 4) is 28.7 Å². The zero-order valence-corrected chi connectivity index (χ0v) is 32.6. The van der Waals surface area contributed by atoms with Gasteiger partial charge in [-0.05, 0) is 103 Å². The molecule has 5 heterocycles. The van der Waals surface area contributed by atoms with E-state index in [9.17, 15) is 29.9 Å². The minimum Gasteiger partial charge on any atom is -0.481 e. The summed E-state index contributed by atoms with van der Waals surface area (Å²) in [4.78, 5) is 49.0. The molecule has 2 aliphatic rings. The molecule has 0 bridgehead atoms. The van der Waals surface area contributed by atoms with Gasteiger partial charge in [0.1, 0.15) is 23.5 Å². The SMILES string of the molecule is Cc1c(Nc2nccc3cc(CN4CC[C@@H](O)C4)cnc23)cccc1-c1cccc(-c2nc3cc(CN4CC[C@@H](C(=O)O)C4)cc(C#N)c3o2)c1C.O=C(O)CC(=O)O. The highest BCUT2D eigenvalue weighted by Crippen LogP contribution is 2.38. The Hall–Kier alpha value is -6.73. The van der Waals surface area contributed by atoms with Crippen molar-refractivity contribution in [3.63, 3.8) is 0 Å². The first-order chi connectivity index (χ1) is 28.4. The first-order valence-electron chi connectivity index (χ1n) is 19.2. The summed E-state index contributed by atoms with van der Waals surface area (Å²) >= 11 is 0. The Labute approximate surface area is 339 Å². The van der Waals surface area contributed by atoms with E-state index in [4.69, 9.17) is 24.6 Å². The summed E-state index contributed by atoms with van der Waals surface area (Å²) in [5.41, 5.74) is 10.1. The van der Waals surface area contributed by atoms with Gasteiger partial charge in [-0.3, -0.25) is 29.2 Å². The number of fused-ring (bicyclic) bond motifs is 2. The largest absolute Gasteiger partial charge is 0.481 e. The fourth-order valence-corrected chi connectivity index (χ4v) is 7.79. The second-order valence-corrected chi connectivity index (χ2v) is 15.0. The number of benzene rings is 3. The van der Waals surface area contributed by atoms with Gasteiger partial charge in [-0.15, -0.1) is 0 Å². The Balaban J connectivity index is 0.000000694. The van der Waals surface area contributed by atoms with Crippen molar-refractivity contribution in [3.05, 3.63) is 101 Å². The van der Waals surface area contributed by atoms with Crippen LogP contribution in [-0.4, -0.2) is 95.4 Å². The van der Waals surface area contributed by atoms with Crippen molar-refractivity contribution in [1.29, 1.82) is 5.26 Å². The molecule has 2 aliphatic heterocycles. The smallest absolute Gasteiger partial charge is 0.314 e. The number of nitrogens with one attached hydrogen (secondary N) is 1. The number of carboxylic acids is 3. The van der Waals surface area contributed by atoms with Crippen LogP contribution in [0, 0.1) is 31.1 Å². The topological polar surface area (TPSA) is 226 Å². The maximum atomic E-state index is 11.5. The average molecular weight is 798 g/mol. The van der Waals surface area contributed by atoms with Gasteiger partial charge < -0.3 is 30.2 Å². The number of aromatic nitrogens is 3. The molecule has 5 N–H and O–H groups in total. The van der Waals surface area contributed by atoms with E-state index < -0.39 is 24.3 Å². The zero-order valence-electron chi connectivity index (χ0n) is 32.6. The van der Waals surface area contributed by atoms with Gasteiger partial charge in [0.2, 0.25) is 5.89 Å². The fourth-order valence-electron chi connectivity index (χ4n) is 7.79. The Kier molecular flexibility index (Phi) is 11.9. The number of carbonyl (C=O) groups is 3. The van der Waals surface area contributed by atoms with E-state index in [1.165, 1.54) is 0 Å². The number of carboxylic acid groups (broad SMARTS) is 3. The van der Waals surface area contributed by atoms with Crippen molar-refractivity contribution in [1.82, 2.24) is 24.8 Å². The first-order valence-corrected chi connectivity index (χ1v) is 19.2. The molecule has 15 nitrogen and oxygen atoms in total. The van der Waals surface area contributed by atoms with Crippen LogP contribution in [0.4, 0.5) is 11.5 Å². The van der Waals surface area contributed by atoms with Gasteiger partial charge >= 0.3 is 17.9 Å². The lowest BCUT2D eigenvalue weighted by atomic mass is 9.93. The number of anilines is 2. The standard InChI is InChI=1S/C41H39N7O4.C3H4O4/c1-24-32(5-3-7-34(24)40-46-36-17-26(15-30(18-42)38(36)52-40)20-47-13-10-29(22-47)41(50)51)33-6-4-8-35(25(33)2)45-39-37-28(9-12-43-39)16-27(19-44-37)21-48-14-11-31(49)23-48;4-2(5)1-3(6)7/h3-9,12,15-17,19,29,31,49H,10-11,13-14,20-23H2,1-2H3,(H,43,45)(H,50,51);1H2,(H,4,5)(H,6,7)/t29-,31-;/m1./s1. The van der Waals surface area contributed by atoms with E-state index in [1.807, 2.05) is 48.7 Å². The quantitative estimate of drug-likeness (QED) is 0.0900. The zero-order chi connectivity index (χ0) is 41.8. The van der Waals surface area contributed by atoms with E-state index in [2.05, 4.69) is 58.2 Å². The number of hydrogen-bond acceptors (Lipinski definition) is 12. The van der Waals surface area contributed by atoms with Crippen LogP contribution in [0.2, 0.25) is 0 Å². The number of pyridine rings is 2. The third-order valence-corrected chi connectivity index (χ3v) is 10.8. The van der Waals surface area contributed by atoms with Crippen molar-refractivity contribution in [2.24, 2.45) is 5.92 Å². The molecule has 6 aromatic rings. The van der Waals surface area contributed by atoms with Gasteiger partial charge in [0.05, 0.1) is 17.6 Å². The van der Waals surface area contributed by atoms with E-state index in [1.54, 1.807) is 6.20 Å². The maximum absolute atomic E-state index is 11.5. The van der Waals surface area contributed by atoms with Crippen LogP contribution in [-0.2, 0) is 27.5 Å². The predicted molar refractivity (Wildman–Crippen MR) is 219 cm³/mol. The average Bonchev–Trinajstić information content (AvgIpc) is 3.95. The summed E-state index contributed by atoms with van der Waals surface area (Å²) in [6.07, 6.45) is 4.06. The molecular formula is C44H43N7O8. The van der Waals surface area contributed by atoms with Crippen LogP contribution in [0.5, 0.6) is 0 Å². The van der Waals surface area contributed by atoms with Gasteiger partial charge in [-0.1, -0.05) is 24.3 Å². The highest BCUT2D eigenvalue weighted by Gasteiger charge is 2.28. The maximum Gasteiger partial charge on any atom is 0.314 e. The molecule has 2 saturated heterocycles. The van der Waals surface area contributed by atoms with Crippen molar-refractivity contribution in [2.75, 3.05) is 31.5 Å². The van der Waals surface area contributed by atoms with Gasteiger partial charge in [-0.2, -0.15) is 5.26 Å². The van der Waals surface area contributed by atoms with E-state index in [0.717, 1.165) is 75.0 Å². The molecule has 0 unspecified atom stereocenters. The number of rotatable bonds is 11. The van der Waals surface area contributed by atoms with Gasteiger partial charge in [0, 0.05) is 61.8 Å². The molecule has 59 heavy (non-hydrogen) atoms. The molecule has 3 aromatic heterocycles.